The number of thiophene rings is 2. The Hall–Kier alpha value is -9.00. The average molecular weight is 1010 g/mol. The summed E-state index contributed by atoms with van der Waals surface area (Å²) in [6, 6.07) is 78.7. The highest BCUT2D eigenvalue weighted by atomic mass is 32.1. The molecule has 0 aliphatic carbocycles. The van der Waals surface area contributed by atoms with Gasteiger partial charge in [-0.3, -0.25) is 0 Å². The molecule has 0 saturated heterocycles. The van der Waals surface area contributed by atoms with E-state index in [1.807, 2.05) is 218 Å². The van der Waals surface area contributed by atoms with E-state index in [1.54, 1.807) is 22.7 Å². The Morgan fingerprint density at radius 3 is 0.904 bits per heavy atom. The van der Waals surface area contributed by atoms with Gasteiger partial charge in [-0.2, -0.15) is 8.75 Å². The summed E-state index contributed by atoms with van der Waals surface area (Å²) in [5.74, 6) is 7.70. The monoisotopic (exact) mass is 1000 g/mol. The lowest BCUT2D eigenvalue weighted by atomic mass is 10.0. The molecule has 73 heavy (non-hydrogen) atoms. The number of aromatic nitrogens is 2. The van der Waals surface area contributed by atoms with Gasteiger partial charge in [0.1, 0.15) is 68.5 Å². The molecule has 0 spiro atoms. The molecule has 0 saturated carbocycles. The topological polar surface area (TPSA) is 81.2 Å². The molecule has 3 heterocycles. The van der Waals surface area contributed by atoms with Gasteiger partial charge in [-0.15, -0.1) is 22.7 Å². The van der Waals surface area contributed by atoms with Crippen molar-refractivity contribution in [2.75, 3.05) is 0 Å². The Morgan fingerprint density at radius 1 is 0.260 bits per heavy atom. The van der Waals surface area contributed by atoms with Gasteiger partial charge in [-0.25, -0.2) is 0 Å². The minimum absolute atomic E-state index is 0.497. The van der Waals surface area contributed by atoms with Crippen LogP contribution in [0.2, 0.25) is 0 Å². The molecule has 11 heteroatoms. The fourth-order valence-electron chi connectivity index (χ4n) is 8.25. The van der Waals surface area contributed by atoms with E-state index in [-0.39, 0.29) is 0 Å². The van der Waals surface area contributed by atoms with E-state index in [1.165, 1.54) is 0 Å². The summed E-state index contributed by atoms with van der Waals surface area (Å²) in [4.78, 5) is 3.71. The first-order chi connectivity index (χ1) is 36.1. The van der Waals surface area contributed by atoms with Crippen molar-refractivity contribution in [3.8, 4) is 111 Å². The SMILES string of the molecule is c1ccc(Oc2ccc(-c3ccc(-c4c(Oc5ccccc5)c(Oc5ccccc5)c(-c5ccc(-c6ccc(Oc7ccccc7)cc6Oc6ccccc6)s5)c5nsnc45)s3)c(Oc3ccccc3)c2)cc1. The van der Waals surface area contributed by atoms with E-state index < -0.39 is 0 Å². The van der Waals surface area contributed by atoms with Crippen molar-refractivity contribution in [2.24, 2.45) is 0 Å². The van der Waals surface area contributed by atoms with Crippen molar-refractivity contribution >= 4 is 45.4 Å². The van der Waals surface area contributed by atoms with E-state index in [4.69, 9.17) is 37.2 Å². The minimum Gasteiger partial charge on any atom is -0.457 e. The molecule has 0 fully saturated rings. The fraction of sp³-hybridized carbons (Fsp3) is 0. The van der Waals surface area contributed by atoms with Crippen LogP contribution in [0.5, 0.6) is 69.0 Å². The molecule has 0 aliphatic rings. The first-order valence-corrected chi connectivity index (χ1v) is 25.7. The van der Waals surface area contributed by atoms with Crippen LogP contribution in [0.25, 0.3) is 52.8 Å². The number of hydrogen-bond donors (Lipinski definition) is 0. The van der Waals surface area contributed by atoms with Gasteiger partial charge < -0.3 is 28.4 Å². The molecule has 0 amide bonds. The van der Waals surface area contributed by atoms with Gasteiger partial charge in [0.25, 0.3) is 0 Å². The predicted molar refractivity (Wildman–Crippen MR) is 294 cm³/mol. The second-order valence-electron chi connectivity index (χ2n) is 16.5. The van der Waals surface area contributed by atoms with Gasteiger partial charge in [0.15, 0.2) is 11.5 Å². The van der Waals surface area contributed by atoms with Gasteiger partial charge in [-0.05, 0) is 121 Å². The zero-order valence-corrected chi connectivity index (χ0v) is 41.1. The largest absolute Gasteiger partial charge is 0.457 e. The highest BCUT2D eigenvalue weighted by Gasteiger charge is 2.30. The Balaban J connectivity index is 1.01. The maximum Gasteiger partial charge on any atom is 0.181 e. The van der Waals surface area contributed by atoms with Crippen LogP contribution in [0, 0.1) is 0 Å². The number of para-hydroxylation sites is 6. The molecule has 352 valence electrons. The van der Waals surface area contributed by atoms with E-state index in [9.17, 15) is 0 Å². The van der Waals surface area contributed by atoms with Crippen LogP contribution in [0.3, 0.4) is 0 Å². The van der Waals surface area contributed by atoms with Crippen LogP contribution < -0.4 is 28.4 Å². The van der Waals surface area contributed by atoms with Crippen LogP contribution in [0.1, 0.15) is 0 Å². The van der Waals surface area contributed by atoms with Crippen LogP contribution in [0.15, 0.2) is 243 Å². The maximum atomic E-state index is 7.08. The molecular weight excluding hydrogens is 965 g/mol. The van der Waals surface area contributed by atoms with Gasteiger partial charge in [0.2, 0.25) is 0 Å². The number of rotatable bonds is 16. The molecule has 12 aromatic rings. The summed E-state index contributed by atoms with van der Waals surface area (Å²) < 4.78 is 50.1. The molecule has 0 aliphatic heterocycles. The smallest absolute Gasteiger partial charge is 0.181 e. The third kappa shape index (κ3) is 10.0. The summed E-state index contributed by atoms with van der Waals surface area (Å²) in [6.45, 7) is 0. The Kier molecular flexibility index (Phi) is 12.8. The lowest BCUT2D eigenvalue weighted by Crippen LogP contribution is -1.97. The zero-order chi connectivity index (χ0) is 48.8. The standard InChI is InChI=1S/C62H40N2O6S3/c1-7-19-41(20-8-1)65-47-31-33-49(51(39-47)67-43-23-11-3-12-24-43)53-35-37-55(71-53)57-59-60(64-73-63-59)58(62(70-46-29-17-6-18-30-46)61(57)69-45-27-15-5-16-28-45)56-38-36-54(72-56)50-34-32-48(66-42-21-9-2-10-22-42)40-52(50)68-44-25-13-4-14-26-44/h1-40H. The van der Waals surface area contributed by atoms with Crippen LogP contribution in [-0.4, -0.2) is 8.75 Å². The minimum atomic E-state index is 0.497. The van der Waals surface area contributed by atoms with E-state index >= 15 is 0 Å². The van der Waals surface area contributed by atoms with Crippen molar-refractivity contribution in [3.63, 3.8) is 0 Å². The molecule has 0 N–H and O–H groups in total. The molecule has 3 aromatic heterocycles. The van der Waals surface area contributed by atoms with Gasteiger partial charge in [0, 0.05) is 42.8 Å². The summed E-state index contributed by atoms with van der Waals surface area (Å²) in [5, 5.41) is 0. The molecule has 0 unspecified atom stereocenters. The van der Waals surface area contributed by atoms with Crippen molar-refractivity contribution in [1.82, 2.24) is 8.75 Å². The first-order valence-electron chi connectivity index (χ1n) is 23.3. The molecule has 0 radical (unpaired) electrons. The summed E-state index contributed by atoms with van der Waals surface area (Å²) >= 11 is 4.34. The van der Waals surface area contributed by atoms with Crippen LogP contribution in [0.4, 0.5) is 0 Å². The van der Waals surface area contributed by atoms with E-state index in [2.05, 4.69) is 24.3 Å². The number of fused-ring (bicyclic) bond motifs is 1. The molecular formula is C62H40N2O6S3. The Bertz CT molecular complexity index is 3550. The predicted octanol–water partition coefficient (Wildman–Crippen LogP) is 19.2. The highest BCUT2D eigenvalue weighted by molar-refractivity contribution is 7.19. The zero-order valence-electron chi connectivity index (χ0n) is 38.7. The van der Waals surface area contributed by atoms with E-state index in [0.717, 1.165) is 65.0 Å². The Morgan fingerprint density at radius 2 is 0.562 bits per heavy atom. The number of hydrogen-bond acceptors (Lipinski definition) is 11. The normalized spacial score (nSPS) is 11.0. The summed E-state index contributed by atoms with van der Waals surface area (Å²) in [5.41, 5.74) is 4.62. The van der Waals surface area contributed by atoms with Crippen molar-refractivity contribution < 1.29 is 28.4 Å². The fourth-order valence-corrected chi connectivity index (χ4v) is 11.0. The lowest BCUT2D eigenvalue weighted by Gasteiger charge is -2.19. The highest BCUT2D eigenvalue weighted by Crippen LogP contribution is 2.56. The van der Waals surface area contributed by atoms with Gasteiger partial charge in [-0.1, -0.05) is 109 Å². The number of benzene rings is 9. The van der Waals surface area contributed by atoms with Crippen molar-refractivity contribution in [3.05, 3.63) is 243 Å². The molecule has 0 bridgehead atoms. The number of ether oxygens (including phenoxy) is 6. The second kappa shape index (κ2) is 20.8. The Labute approximate surface area is 433 Å². The third-order valence-electron chi connectivity index (χ3n) is 11.6. The van der Waals surface area contributed by atoms with Gasteiger partial charge in [0.05, 0.1) is 22.9 Å². The molecule has 0 atom stereocenters. The molecule has 8 nitrogen and oxygen atoms in total. The summed E-state index contributed by atoms with van der Waals surface area (Å²) in [6.07, 6.45) is 0. The van der Waals surface area contributed by atoms with Crippen LogP contribution >= 0.6 is 34.4 Å². The molecule has 9 aromatic carbocycles. The van der Waals surface area contributed by atoms with Crippen molar-refractivity contribution in [1.29, 1.82) is 0 Å². The van der Waals surface area contributed by atoms with E-state index in [0.29, 0.717) is 68.5 Å². The quantitative estimate of drug-likeness (QED) is 0.0947. The summed E-state index contributed by atoms with van der Waals surface area (Å²) in [7, 11) is 0. The van der Waals surface area contributed by atoms with Crippen LogP contribution in [-0.2, 0) is 0 Å². The number of nitrogens with zero attached hydrogens (tertiary/aromatic N) is 2. The average Bonchev–Trinajstić information content (AvgIpc) is 4.24. The lowest BCUT2D eigenvalue weighted by molar-refractivity contribution is 0.422. The first kappa shape index (κ1) is 45.2. The van der Waals surface area contributed by atoms with Gasteiger partial charge >= 0.3 is 0 Å². The second-order valence-corrected chi connectivity index (χ2v) is 19.2. The molecule has 12 rings (SSSR count). The van der Waals surface area contributed by atoms with Crippen molar-refractivity contribution in [2.45, 2.75) is 0 Å². The third-order valence-corrected chi connectivity index (χ3v) is 14.4. The maximum absolute atomic E-state index is 7.08.